The van der Waals surface area contributed by atoms with Crippen molar-refractivity contribution in [1.29, 1.82) is 0 Å². The molecule has 82 valence electrons. The fourth-order valence-corrected chi connectivity index (χ4v) is 1.30. The predicted octanol–water partition coefficient (Wildman–Crippen LogP) is 3.22. The predicted molar refractivity (Wildman–Crippen MR) is 47.1 cm³/mol. The number of aryl methyl sites for hydroxylation is 1. The molecule has 2 nitrogen and oxygen atoms in total. The highest BCUT2D eigenvalue weighted by Gasteiger charge is 2.63. The maximum atomic E-state index is 13.1. The maximum absolute atomic E-state index is 13.1. The largest absolute Gasteiger partial charge is 0.488 e. The third-order valence-corrected chi connectivity index (χ3v) is 2.21. The van der Waals surface area contributed by atoms with E-state index in [-0.39, 0.29) is 11.5 Å². The molecule has 1 unspecified atom stereocenters. The van der Waals surface area contributed by atoms with Gasteiger partial charge in [-0.1, -0.05) is 6.07 Å². The van der Waals surface area contributed by atoms with Crippen LogP contribution in [0.1, 0.15) is 5.56 Å². The van der Waals surface area contributed by atoms with Gasteiger partial charge in [0.1, 0.15) is 0 Å². The number of halogens is 4. The third kappa shape index (κ3) is 1.61. The van der Waals surface area contributed by atoms with Gasteiger partial charge < -0.3 is 9.47 Å². The molecule has 0 saturated carbocycles. The minimum atomic E-state index is -4.21. The highest BCUT2D eigenvalue weighted by atomic mass is 35.5. The van der Waals surface area contributed by atoms with Gasteiger partial charge in [-0.3, -0.25) is 0 Å². The van der Waals surface area contributed by atoms with Crippen molar-refractivity contribution >= 4 is 11.6 Å². The van der Waals surface area contributed by atoms with Crippen LogP contribution in [0.25, 0.3) is 0 Å². The fourth-order valence-electron chi connectivity index (χ4n) is 1.17. The topological polar surface area (TPSA) is 18.5 Å². The highest BCUT2D eigenvalue weighted by molar-refractivity contribution is 6.22. The van der Waals surface area contributed by atoms with E-state index in [0.717, 1.165) is 0 Å². The minimum absolute atomic E-state index is 0.149. The summed E-state index contributed by atoms with van der Waals surface area (Å²) in [5.74, 6) is -0.377. The van der Waals surface area contributed by atoms with Crippen LogP contribution in [0.15, 0.2) is 18.2 Å². The number of fused-ring (bicyclic) bond motifs is 1. The van der Waals surface area contributed by atoms with Gasteiger partial charge in [-0.2, -0.15) is 13.2 Å². The zero-order chi connectivity index (χ0) is 11.3. The smallest absolute Gasteiger partial charge is 0.434 e. The SMILES string of the molecule is Cc1ccc2c(c1)OC(F)(F)C(F)(Cl)O2. The molecule has 1 aromatic rings. The van der Waals surface area contributed by atoms with Crippen LogP contribution in [-0.4, -0.2) is 11.4 Å². The van der Waals surface area contributed by atoms with Crippen molar-refractivity contribution in [2.75, 3.05) is 0 Å². The Morgan fingerprint density at radius 2 is 1.80 bits per heavy atom. The second kappa shape index (κ2) is 2.95. The molecule has 0 amide bonds. The second-order valence-electron chi connectivity index (χ2n) is 3.19. The lowest BCUT2D eigenvalue weighted by atomic mass is 10.2. The Kier molecular flexibility index (Phi) is 2.05. The van der Waals surface area contributed by atoms with Gasteiger partial charge >= 0.3 is 11.4 Å². The lowest BCUT2D eigenvalue weighted by Crippen LogP contribution is -2.51. The van der Waals surface area contributed by atoms with Crippen LogP contribution in [0.4, 0.5) is 13.2 Å². The summed E-state index contributed by atoms with van der Waals surface area (Å²) in [7, 11) is 0. The number of hydrogen-bond acceptors (Lipinski definition) is 2. The first kappa shape index (κ1) is 10.4. The summed E-state index contributed by atoms with van der Waals surface area (Å²) in [6, 6.07) is 4.20. The molecule has 0 fully saturated rings. The minimum Gasteiger partial charge on any atom is -0.434 e. The monoisotopic (exact) mass is 238 g/mol. The summed E-state index contributed by atoms with van der Waals surface area (Å²) in [5, 5.41) is -3.67. The molecule has 1 aliphatic rings. The van der Waals surface area contributed by atoms with Crippen molar-refractivity contribution in [3.63, 3.8) is 0 Å². The molecule has 0 radical (unpaired) electrons. The third-order valence-electron chi connectivity index (χ3n) is 1.91. The van der Waals surface area contributed by atoms with Gasteiger partial charge in [-0.25, -0.2) is 0 Å². The van der Waals surface area contributed by atoms with Crippen LogP contribution in [0, 0.1) is 6.92 Å². The first-order chi connectivity index (χ1) is 6.82. The van der Waals surface area contributed by atoms with Gasteiger partial charge in [-0.15, -0.1) is 0 Å². The molecule has 0 saturated heterocycles. The summed E-state index contributed by atoms with van der Waals surface area (Å²) in [5.41, 5.74) is 0.689. The van der Waals surface area contributed by atoms with E-state index in [1.807, 2.05) is 0 Å². The molecule has 0 N–H and O–H groups in total. The first-order valence-electron chi connectivity index (χ1n) is 4.06. The quantitative estimate of drug-likeness (QED) is 0.646. The molecule has 2 rings (SSSR count). The van der Waals surface area contributed by atoms with E-state index in [9.17, 15) is 13.2 Å². The summed E-state index contributed by atoms with van der Waals surface area (Å²) in [4.78, 5) is 0. The van der Waals surface area contributed by atoms with E-state index in [1.165, 1.54) is 12.1 Å². The van der Waals surface area contributed by atoms with Gasteiger partial charge in [0.25, 0.3) is 0 Å². The number of alkyl halides is 4. The van der Waals surface area contributed by atoms with Gasteiger partial charge in [0.15, 0.2) is 11.5 Å². The van der Waals surface area contributed by atoms with Crippen LogP contribution in [-0.2, 0) is 0 Å². The fraction of sp³-hybridized carbons (Fsp3) is 0.333. The van der Waals surface area contributed by atoms with Gasteiger partial charge in [0.05, 0.1) is 0 Å². The molecule has 0 bridgehead atoms. The summed E-state index contributed by atoms with van der Waals surface area (Å²) < 4.78 is 47.4. The zero-order valence-electron chi connectivity index (χ0n) is 7.56. The molecule has 1 aliphatic heterocycles. The van der Waals surface area contributed by atoms with Crippen molar-refractivity contribution in [1.82, 2.24) is 0 Å². The molecule has 15 heavy (non-hydrogen) atoms. The molecule has 0 spiro atoms. The van der Waals surface area contributed by atoms with Crippen molar-refractivity contribution < 1.29 is 22.6 Å². The number of hydrogen-bond donors (Lipinski definition) is 0. The molecule has 0 aliphatic carbocycles. The van der Waals surface area contributed by atoms with E-state index >= 15 is 0 Å². The highest BCUT2D eigenvalue weighted by Crippen LogP contribution is 2.48. The van der Waals surface area contributed by atoms with E-state index in [1.54, 1.807) is 13.0 Å². The second-order valence-corrected chi connectivity index (χ2v) is 3.67. The molecule has 0 aromatic heterocycles. The lowest BCUT2D eigenvalue weighted by molar-refractivity contribution is -0.303. The Labute approximate surface area is 88.5 Å². The van der Waals surface area contributed by atoms with Gasteiger partial charge in [-0.05, 0) is 36.2 Å². The molecule has 1 heterocycles. The van der Waals surface area contributed by atoms with E-state index in [2.05, 4.69) is 9.47 Å². The Balaban J connectivity index is 2.47. The zero-order valence-corrected chi connectivity index (χ0v) is 8.32. The van der Waals surface area contributed by atoms with Gasteiger partial charge in [0, 0.05) is 0 Å². The molecule has 1 atom stereocenters. The molecular weight excluding hydrogens is 233 g/mol. The van der Waals surface area contributed by atoms with Crippen LogP contribution in [0.2, 0.25) is 0 Å². The van der Waals surface area contributed by atoms with Gasteiger partial charge in [0.2, 0.25) is 0 Å². The normalized spacial score (nSPS) is 27.5. The number of ether oxygens (including phenoxy) is 2. The van der Waals surface area contributed by atoms with E-state index < -0.39 is 11.4 Å². The number of benzene rings is 1. The lowest BCUT2D eigenvalue weighted by Gasteiger charge is -2.33. The Hall–Kier alpha value is -1.10. The van der Waals surface area contributed by atoms with Crippen LogP contribution < -0.4 is 9.47 Å². The Morgan fingerprint density at radius 3 is 2.47 bits per heavy atom. The summed E-state index contributed by atoms with van der Waals surface area (Å²) in [6.07, 6.45) is -4.21. The Morgan fingerprint density at radius 1 is 1.13 bits per heavy atom. The molecule has 6 heteroatoms. The molecular formula is C9H6ClF3O2. The number of rotatable bonds is 0. The first-order valence-corrected chi connectivity index (χ1v) is 4.44. The summed E-state index contributed by atoms with van der Waals surface area (Å²) in [6.45, 7) is 1.68. The average molecular weight is 239 g/mol. The maximum Gasteiger partial charge on any atom is 0.488 e. The Bertz CT molecular complexity index is 406. The van der Waals surface area contributed by atoms with Crippen molar-refractivity contribution in [3.8, 4) is 11.5 Å². The average Bonchev–Trinajstić information content (AvgIpc) is 2.07. The molecule has 1 aromatic carbocycles. The van der Waals surface area contributed by atoms with Crippen LogP contribution in [0.5, 0.6) is 11.5 Å². The van der Waals surface area contributed by atoms with Crippen LogP contribution in [0.3, 0.4) is 0 Å². The van der Waals surface area contributed by atoms with Crippen molar-refractivity contribution in [3.05, 3.63) is 23.8 Å². The summed E-state index contributed by atoms with van der Waals surface area (Å²) >= 11 is 4.87. The van der Waals surface area contributed by atoms with Crippen molar-refractivity contribution in [2.45, 2.75) is 18.3 Å². The van der Waals surface area contributed by atoms with E-state index in [0.29, 0.717) is 5.56 Å². The van der Waals surface area contributed by atoms with E-state index in [4.69, 9.17) is 11.6 Å². The van der Waals surface area contributed by atoms with Crippen molar-refractivity contribution in [2.24, 2.45) is 0 Å². The standard InChI is InChI=1S/C9H6ClF3O2/c1-5-2-3-6-7(4-5)15-9(12,13)8(10,11)14-6/h2-4H,1H3. The van der Waals surface area contributed by atoms with Crippen LogP contribution >= 0.6 is 11.6 Å².